The minimum absolute atomic E-state index is 0.127. The predicted molar refractivity (Wildman–Crippen MR) is 179 cm³/mol. The molecule has 5 aromatic rings. The predicted octanol–water partition coefficient (Wildman–Crippen LogP) is 6.53. The number of rotatable bonds is 13. The molecule has 0 saturated heterocycles. The molecule has 0 bridgehead atoms. The third-order valence-corrected chi connectivity index (χ3v) is 12.3. The van der Waals surface area contributed by atoms with Crippen LogP contribution in [0, 0.1) is 0 Å². The summed E-state index contributed by atoms with van der Waals surface area (Å²) in [6.45, 7) is 5.59. The van der Waals surface area contributed by atoms with Gasteiger partial charge < -0.3 is 4.90 Å². The molecule has 0 aromatic heterocycles. The van der Waals surface area contributed by atoms with Gasteiger partial charge in [0.2, 0.25) is 5.91 Å². The molecule has 0 aliphatic heterocycles. The van der Waals surface area contributed by atoms with Gasteiger partial charge >= 0.3 is 0 Å². The zero-order chi connectivity index (χ0) is 29.0. The Labute approximate surface area is 251 Å². The molecule has 0 fully saturated rings. The van der Waals surface area contributed by atoms with Crippen molar-refractivity contribution in [1.29, 1.82) is 0 Å². The number of benzene rings is 5. The minimum Gasteiger partial charge on any atom is -0.338 e. The van der Waals surface area contributed by atoms with E-state index in [1.54, 1.807) is 6.92 Å². The second-order valence-corrected chi connectivity index (χ2v) is 14.3. The van der Waals surface area contributed by atoms with Gasteiger partial charge in [0.05, 0.1) is 12.7 Å². The molecular formula is C38H40N2OP+. The lowest BCUT2D eigenvalue weighted by Crippen LogP contribution is -2.42. The van der Waals surface area contributed by atoms with Crippen molar-refractivity contribution in [2.45, 2.75) is 20.0 Å². The Bertz CT molecular complexity index is 1360. The van der Waals surface area contributed by atoms with Crippen molar-refractivity contribution in [3.8, 4) is 0 Å². The van der Waals surface area contributed by atoms with Gasteiger partial charge in [0.1, 0.15) is 23.2 Å². The monoisotopic (exact) mass is 571 g/mol. The summed E-state index contributed by atoms with van der Waals surface area (Å²) in [5, 5.41) is 4.04. The lowest BCUT2D eigenvalue weighted by atomic mass is 10.1. The average Bonchev–Trinajstić information content (AvgIpc) is 3.05. The van der Waals surface area contributed by atoms with E-state index in [-0.39, 0.29) is 5.91 Å². The fourth-order valence-corrected chi connectivity index (χ4v) is 9.99. The summed E-state index contributed by atoms with van der Waals surface area (Å²) in [5.74, 6) is 0.127. The maximum atomic E-state index is 13.1. The summed E-state index contributed by atoms with van der Waals surface area (Å²) >= 11 is 0. The van der Waals surface area contributed by atoms with E-state index in [4.69, 9.17) is 0 Å². The van der Waals surface area contributed by atoms with E-state index >= 15 is 0 Å². The fourth-order valence-electron chi connectivity index (χ4n) is 5.74. The van der Waals surface area contributed by atoms with Gasteiger partial charge in [0, 0.05) is 33.1 Å². The number of carbonyl (C=O) groups excluding carboxylic acids is 1. The van der Waals surface area contributed by atoms with Gasteiger partial charge in [0.25, 0.3) is 0 Å². The van der Waals surface area contributed by atoms with Crippen LogP contribution in [0.4, 0.5) is 0 Å². The molecule has 5 rings (SSSR count). The van der Waals surface area contributed by atoms with Crippen LogP contribution in [0.3, 0.4) is 0 Å². The topological polar surface area (TPSA) is 23.6 Å². The Morgan fingerprint density at radius 2 is 0.857 bits per heavy atom. The maximum Gasteiger partial charge on any atom is 0.219 e. The molecule has 1 amide bonds. The first-order chi connectivity index (χ1) is 20.6. The van der Waals surface area contributed by atoms with Crippen molar-refractivity contribution >= 4 is 29.1 Å². The molecule has 0 aliphatic carbocycles. The molecule has 212 valence electrons. The van der Waals surface area contributed by atoms with E-state index in [1.165, 1.54) is 27.0 Å². The molecule has 4 heteroatoms. The normalized spacial score (nSPS) is 11.4. The lowest BCUT2D eigenvalue weighted by Gasteiger charge is -2.31. The summed E-state index contributed by atoms with van der Waals surface area (Å²) in [6, 6.07) is 54.0. The van der Waals surface area contributed by atoms with E-state index in [1.807, 2.05) is 0 Å². The van der Waals surface area contributed by atoms with Crippen LogP contribution in [0.15, 0.2) is 152 Å². The molecular weight excluding hydrogens is 531 g/mol. The molecule has 5 aromatic carbocycles. The standard InChI is InChI=1S/C38H40N2OP/c1-33(41)40(28-27-39(31-34-17-7-2-8-18-34)32-35-19-9-3-10-20-35)29-30-42(36-21-11-4-12-22-36,37-23-13-5-14-24-37)38-25-15-6-16-26-38/h2-26H,27-32H2,1H3/q+1. The van der Waals surface area contributed by atoms with Crippen molar-refractivity contribution in [1.82, 2.24) is 9.80 Å². The van der Waals surface area contributed by atoms with E-state index in [2.05, 4.69) is 161 Å². The number of amides is 1. The Balaban J connectivity index is 1.41. The van der Waals surface area contributed by atoms with Crippen molar-refractivity contribution in [3.05, 3.63) is 163 Å². The minimum atomic E-state index is -2.01. The number of nitrogens with zero attached hydrogens (tertiary/aromatic N) is 2. The van der Waals surface area contributed by atoms with Crippen molar-refractivity contribution in [3.63, 3.8) is 0 Å². The van der Waals surface area contributed by atoms with E-state index < -0.39 is 7.26 Å². The molecule has 0 atom stereocenters. The lowest BCUT2D eigenvalue weighted by molar-refractivity contribution is -0.128. The Kier molecular flexibility index (Phi) is 10.3. The van der Waals surface area contributed by atoms with Gasteiger partial charge in [0.15, 0.2) is 0 Å². The van der Waals surface area contributed by atoms with Crippen LogP contribution in [-0.2, 0) is 17.9 Å². The first-order valence-corrected chi connectivity index (χ1v) is 16.7. The van der Waals surface area contributed by atoms with Gasteiger partial charge in [-0.3, -0.25) is 9.69 Å². The summed E-state index contributed by atoms with van der Waals surface area (Å²) in [4.78, 5) is 17.6. The summed E-state index contributed by atoms with van der Waals surface area (Å²) < 4.78 is 0. The van der Waals surface area contributed by atoms with Crippen LogP contribution in [0.1, 0.15) is 18.1 Å². The zero-order valence-electron chi connectivity index (χ0n) is 24.4. The highest BCUT2D eigenvalue weighted by molar-refractivity contribution is 7.95. The third-order valence-electron chi connectivity index (χ3n) is 7.93. The maximum absolute atomic E-state index is 13.1. The second-order valence-electron chi connectivity index (χ2n) is 10.7. The molecule has 0 spiro atoms. The molecule has 0 heterocycles. The van der Waals surface area contributed by atoms with Crippen LogP contribution in [0.2, 0.25) is 0 Å². The number of hydrogen-bond acceptors (Lipinski definition) is 2. The second kappa shape index (κ2) is 14.7. The van der Waals surface area contributed by atoms with E-state index in [0.29, 0.717) is 13.1 Å². The van der Waals surface area contributed by atoms with Crippen molar-refractivity contribution < 1.29 is 4.79 Å². The summed E-state index contributed by atoms with van der Waals surface area (Å²) in [7, 11) is -2.01. The first kappa shape index (κ1) is 29.5. The van der Waals surface area contributed by atoms with Crippen molar-refractivity contribution in [2.24, 2.45) is 0 Å². The molecule has 0 aliphatic rings. The van der Waals surface area contributed by atoms with Crippen molar-refractivity contribution in [2.75, 3.05) is 25.8 Å². The first-order valence-electron chi connectivity index (χ1n) is 14.8. The van der Waals surface area contributed by atoms with Crippen LogP contribution in [0.5, 0.6) is 0 Å². The fraction of sp³-hybridized carbons (Fsp3) is 0.184. The SMILES string of the molecule is CC(=O)N(CCN(Cc1ccccc1)Cc1ccccc1)CC[P+](c1ccccc1)(c1ccccc1)c1ccccc1. The molecule has 0 radical (unpaired) electrons. The Morgan fingerprint density at radius 3 is 1.21 bits per heavy atom. The third kappa shape index (κ3) is 7.42. The highest BCUT2D eigenvalue weighted by Gasteiger charge is 2.45. The quantitative estimate of drug-likeness (QED) is 0.150. The number of carbonyl (C=O) groups is 1. The highest BCUT2D eigenvalue weighted by atomic mass is 31.2. The molecule has 0 saturated carbocycles. The van der Waals surface area contributed by atoms with E-state index in [0.717, 1.165) is 25.8 Å². The number of hydrogen-bond donors (Lipinski definition) is 0. The van der Waals surface area contributed by atoms with Gasteiger partial charge in [-0.05, 0) is 47.5 Å². The summed E-state index contributed by atoms with van der Waals surface area (Å²) in [5.41, 5.74) is 2.56. The van der Waals surface area contributed by atoms with Crippen LogP contribution in [-0.4, -0.2) is 41.5 Å². The zero-order valence-corrected chi connectivity index (χ0v) is 25.3. The van der Waals surface area contributed by atoms with Gasteiger partial charge in [-0.1, -0.05) is 115 Å². The van der Waals surface area contributed by atoms with Gasteiger partial charge in [-0.2, -0.15) is 0 Å². The largest absolute Gasteiger partial charge is 0.338 e. The van der Waals surface area contributed by atoms with Gasteiger partial charge in [-0.15, -0.1) is 0 Å². The highest BCUT2D eigenvalue weighted by Crippen LogP contribution is 2.55. The Hall–Kier alpha value is -4.04. The van der Waals surface area contributed by atoms with E-state index in [9.17, 15) is 4.79 Å². The smallest absolute Gasteiger partial charge is 0.219 e. The van der Waals surface area contributed by atoms with Crippen LogP contribution < -0.4 is 15.9 Å². The molecule has 42 heavy (non-hydrogen) atoms. The van der Waals surface area contributed by atoms with Crippen LogP contribution >= 0.6 is 7.26 Å². The summed E-state index contributed by atoms with van der Waals surface area (Å²) in [6.07, 6.45) is 0.891. The van der Waals surface area contributed by atoms with Gasteiger partial charge in [-0.25, -0.2) is 0 Å². The average molecular weight is 572 g/mol. The van der Waals surface area contributed by atoms with Crippen LogP contribution in [0.25, 0.3) is 0 Å². The Morgan fingerprint density at radius 1 is 0.500 bits per heavy atom. The molecule has 0 unspecified atom stereocenters. The molecule has 0 N–H and O–H groups in total. The molecule has 3 nitrogen and oxygen atoms in total.